The fourth-order valence-corrected chi connectivity index (χ4v) is 5.25. The average molecular weight is 567 g/mol. The van der Waals surface area contributed by atoms with Gasteiger partial charge in [-0.25, -0.2) is 0 Å². The summed E-state index contributed by atoms with van der Waals surface area (Å²) in [5.74, 6) is 0. The Hall–Kier alpha value is -6.14. The molecular formula is C38H26N6. The minimum Gasteiger partial charge on any atom is -0.299 e. The van der Waals surface area contributed by atoms with Gasteiger partial charge >= 0.3 is 0 Å². The Bertz CT molecular complexity index is 2060. The number of rotatable bonds is 6. The van der Waals surface area contributed by atoms with Crippen LogP contribution in [-0.4, -0.2) is 31.4 Å². The van der Waals surface area contributed by atoms with Gasteiger partial charge in [-0.3, -0.25) is 30.8 Å². The first-order chi connectivity index (χ1) is 21.6. The predicted octanol–water partition coefficient (Wildman–Crippen LogP) is 8.45. The number of pyridine rings is 4. The van der Waals surface area contributed by atoms with Crippen molar-refractivity contribution >= 4 is 22.6 Å². The molecule has 0 fully saturated rings. The highest BCUT2D eigenvalue weighted by molar-refractivity contribution is 6.61. The van der Waals surface area contributed by atoms with Gasteiger partial charge in [0, 0.05) is 47.1 Å². The van der Waals surface area contributed by atoms with Crippen molar-refractivity contribution in [1.29, 1.82) is 10.8 Å². The van der Waals surface area contributed by atoms with Crippen LogP contribution < -0.4 is 0 Å². The molecule has 0 radical (unpaired) electrons. The number of benzene rings is 2. The van der Waals surface area contributed by atoms with Crippen molar-refractivity contribution in [3.8, 4) is 44.8 Å². The van der Waals surface area contributed by atoms with E-state index in [-0.39, 0.29) is 11.4 Å². The van der Waals surface area contributed by atoms with Crippen molar-refractivity contribution in [2.75, 3.05) is 0 Å². The molecule has 6 nitrogen and oxygen atoms in total. The topological polar surface area (TPSA) is 99.3 Å². The van der Waals surface area contributed by atoms with E-state index >= 15 is 0 Å². The van der Waals surface area contributed by atoms with E-state index in [1.54, 1.807) is 30.9 Å². The minimum absolute atomic E-state index is 0.122. The van der Waals surface area contributed by atoms with Crippen LogP contribution >= 0.6 is 0 Å². The maximum absolute atomic E-state index is 8.70. The van der Waals surface area contributed by atoms with Crippen LogP contribution in [0.1, 0.15) is 11.4 Å². The van der Waals surface area contributed by atoms with Crippen LogP contribution in [0.4, 0.5) is 0 Å². The molecule has 2 N–H and O–H groups in total. The van der Waals surface area contributed by atoms with Crippen LogP contribution in [0.2, 0.25) is 0 Å². The molecule has 0 bridgehead atoms. The second-order valence-electron chi connectivity index (χ2n) is 10.4. The molecule has 4 heterocycles. The SMILES string of the molecule is N=C1C=C(c2cc(-c3ccc(-c4ccccn4)cc3)ccn2)C=C(c2cc(-c3ccc(-c4ccccn4)cc3)ccn2)C1=N. The summed E-state index contributed by atoms with van der Waals surface area (Å²) in [4.78, 5) is 18.1. The molecule has 0 saturated heterocycles. The molecule has 2 aromatic carbocycles. The Morgan fingerprint density at radius 1 is 0.386 bits per heavy atom. The van der Waals surface area contributed by atoms with Crippen molar-refractivity contribution in [3.05, 3.63) is 158 Å². The lowest BCUT2D eigenvalue weighted by atomic mass is 9.90. The molecule has 7 rings (SSSR count). The quantitative estimate of drug-likeness (QED) is 0.198. The predicted molar refractivity (Wildman–Crippen MR) is 177 cm³/mol. The van der Waals surface area contributed by atoms with E-state index in [9.17, 15) is 0 Å². The summed E-state index contributed by atoms with van der Waals surface area (Å²) in [6.45, 7) is 0. The number of nitrogens with one attached hydrogen (secondary N) is 2. The Morgan fingerprint density at radius 2 is 0.864 bits per heavy atom. The maximum atomic E-state index is 8.70. The molecule has 0 unspecified atom stereocenters. The van der Waals surface area contributed by atoms with Crippen molar-refractivity contribution in [2.24, 2.45) is 0 Å². The standard InChI is InChI=1S/C38H26N6/c39-33-22-31(36-23-29(15-19-43-36)25-7-11-27(12-8-25)34-5-1-3-17-41-34)21-32(38(33)40)37-24-30(16-20-44-37)26-9-13-28(14-10-26)35-6-2-4-18-42-35/h1-24,39-40H. The lowest BCUT2D eigenvalue weighted by Gasteiger charge is -2.17. The second kappa shape index (κ2) is 11.6. The molecule has 0 amide bonds. The highest BCUT2D eigenvalue weighted by Gasteiger charge is 2.21. The molecule has 6 heteroatoms. The van der Waals surface area contributed by atoms with E-state index in [0.29, 0.717) is 11.3 Å². The lowest BCUT2D eigenvalue weighted by molar-refractivity contribution is 1.27. The summed E-state index contributed by atoms with van der Waals surface area (Å²) >= 11 is 0. The molecule has 208 valence electrons. The fourth-order valence-electron chi connectivity index (χ4n) is 5.25. The molecule has 6 aromatic rings. The van der Waals surface area contributed by atoms with Crippen LogP contribution in [0.3, 0.4) is 0 Å². The molecule has 0 saturated carbocycles. The molecule has 1 aliphatic carbocycles. The summed E-state index contributed by atoms with van der Waals surface area (Å²) in [6.07, 6.45) is 10.7. The van der Waals surface area contributed by atoms with Gasteiger partial charge in [0.1, 0.15) is 0 Å². The van der Waals surface area contributed by atoms with E-state index in [1.807, 2.05) is 66.7 Å². The first-order valence-electron chi connectivity index (χ1n) is 14.2. The summed E-state index contributed by atoms with van der Waals surface area (Å²) in [5, 5.41) is 17.3. The van der Waals surface area contributed by atoms with Gasteiger partial charge in [0.25, 0.3) is 0 Å². The highest BCUT2D eigenvalue weighted by atomic mass is 14.7. The Balaban J connectivity index is 1.18. The van der Waals surface area contributed by atoms with Crippen LogP contribution in [0.15, 0.2) is 146 Å². The van der Waals surface area contributed by atoms with Crippen LogP contribution in [0, 0.1) is 10.8 Å². The van der Waals surface area contributed by atoms with E-state index in [4.69, 9.17) is 10.8 Å². The third kappa shape index (κ3) is 5.40. The molecular weight excluding hydrogens is 540 g/mol. The number of allylic oxidation sites excluding steroid dienone is 4. The number of hydrogen-bond acceptors (Lipinski definition) is 6. The number of hydrogen-bond donors (Lipinski definition) is 2. The Labute approximate surface area is 255 Å². The fraction of sp³-hybridized carbons (Fsp3) is 0. The molecule has 4 aromatic heterocycles. The maximum Gasteiger partial charge on any atom is 0.0883 e. The minimum atomic E-state index is 0.122. The molecule has 44 heavy (non-hydrogen) atoms. The van der Waals surface area contributed by atoms with Crippen LogP contribution in [0.5, 0.6) is 0 Å². The van der Waals surface area contributed by atoms with Gasteiger partial charge < -0.3 is 0 Å². The molecule has 0 atom stereocenters. The van der Waals surface area contributed by atoms with E-state index in [0.717, 1.165) is 56.0 Å². The zero-order valence-electron chi connectivity index (χ0n) is 23.6. The lowest BCUT2D eigenvalue weighted by Crippen LogP contribution is -2.16. The largest absolute Gasteiger partial charge is 0.299 e. The molecule has 0 spiro atoms. The summed E-state index contributed by atoms with van der Waals surface area (Å²) < 4.78 is 0. The van der Waals surface area contributed by atoms with Gasteiger partial charge in [0.2, 0.25) is 0 Å². The summed E-state index contributed by atoms with van der Waals surface area (Å²) in [7, 11) is 0. The van der Waals surface area contributed by atoms with E-state index in [2.05, 4.69) is 68.5 Å². The second-order valence-corrected chi connectivity index (χ2v) is 10.4. The average Bonchev–Trinajstić information content (AvgIpc) is 3.10. The third-order valence-electron chi connectivity index (χ3n) is 7.59. The molecule has 0 aliphatic heterocycles. The van der Waals surface area contributed by atoms with Crippen molar-refractivity contribution in [2.45, 2.75) is 0 Å². The van der Waals surface area contributed by atoms with Gasteiger partial charge in [-0.05, 0) is 82.9 Å². The number of nitrogens with zero attached hydrogens (tertiary/aromatic N) is 4. The Kier molecular flexibility index (Phi) is 7.06. The van der Waals surface area contributed by atoms with E-state index < -0.39 is 0 Å². The normalized spacial score (nSPS) is 12.9. The Morgan fingerprint density at radius 3 is 1.39 bits per heavy atom. The zero-order valence-corrected chi connectivity index (χ0v) is 23.6. The first-order valence-corrected chi connectivity index (χ1v) is 14.2. The van der Waals surface area contributed by atoms with Gasteiger partial charge in [0.15, 0.2) is 0 Å². The summed E-state index contributed by atoms with van der Waals surface area (Å²) in [5.41, 5.74) is 11.0. The monoisotopic (exact) mass is 566 g/mol. The van der Waals surface area contributed by atoms with Crippen molar-refractivity contribution in [3.63, 3.8) is 0 Å². The van der Waals surface area contributed by atoms with Crippen LogP contribution in [-0.2, 0) is 0 Å². The van der Waals surface area contributed by atoms with E-state index in [1.165, 1.54) is 0 Å². The summed E-state index contributed by atoms with van der Waals surface area (Å²) in [6, 6.07) is 36.2. The number of aromatic nitrogens is 4. The van der Waals surface area contributed by atoms with Crippen molar-refractivity contribution in [1.82, 2.24) is 19.9 Å². The van der Waals surface area contributed by atoms with Gasteiger partial charge in [-0.15, -0.1) is 0 Å². The first kappa shape index (κ1) is 26.7. The van der Waals surface area contributed by atoms with Gasteiger partial charge in [-0.2, -0.15) is 0 Å². The molecule has 1 aliphatic rings. The van der Waals surface area contributed by atoms with Crippen molar-refractivity contribution < 1.29 is 0 Å². The van der Waals surface area contributed by atoms with Crippen LogP contribution in [0.25, 0.3) is 55.9 Å². The highest BCUT2D eigenvalue weighted by Crippen LogP contribution is 2.31. The zero-order chi connectivity index (χ0) is 29.9. The van der Waals surface area contributed by atoms with Gasteiger partial charge in [0.05, 0.1) is 34.2 Å². The smallest absolute Gasteiger partial charge is 0.0883 e. The van der Waals surface area contributed by atoms with Gasteiger partial charge in [-0.1, -0.05) is 60.7 Å². The third-order valence-corrected chi connectivity index (χ3v) is 7.59.